The normalized spacial score (nSPS) is 9.40. The van der Waals surface area contributed by atoms with Gasteiger partial charge in [-0.05, 0) is 0 Å². The summed E-state index contributed by atoms with van der Waals surface area (Å²) >= 11 is 0. The molecule has 0 spiro atoms. The summed E-state index contributed by atoms with van der Waals surface area (Å²) in [6.45, 7) is 1.35. The van der Waals surface area contributed by atoms with Gasteiger partial charge in [-0.1, -0.05) is 0 Å². The minimum absolute atomic E-state index is 0.182. The standard InChI is InChI=1S/C6H5FN2O/c1-4(10)5-2-9-6(7)3-8-5/h2-3H,1H3/i7-1. The van der Waals surface area contributed by atoms with Gasteiger partial charge in [0.15, 0.2) is 5.78 Å². The third-order valence-electron chi connectivity index (χ3n) is 0.981. The van der Waals surface area contributed by atoms with Gasteiger partial charge in [0.1, 0.15) is 5.69 Å². The molecule has 0 saturated carbocycles. The van der Waals surface area contributed by atoms with E-state index in [1.807, 2.05) is 0 Å². The lowest BCUT2D eigenvalue weighted by Gasteiger charge is -1.90. The number of aromatic nitrogens is 2. The van der Waals surface area contributed by atoms with Crippen molar-refractivity contribution in [1.82, 2.24) is 9.97 Å². The van der Waals surface area contributed by atoms with Crippen molar-refractivity contribution >= 4 is 5.78 Å². The number of hydrogen-bond acceptors (Lipinski definition) is 3. The molecule has 0 fully saturated rings. The molecule has 1 heterocycles. The first kappa shape index (κ1) is 6.80. The van der Waals surface area contributed by atoms with E-state index in [0.29, 0.717) is 0 Å². The zero-order valence-electron chi connectivity index (χ0n) is 5.34. The molecule has 0 saturated heterocycles. The third-order valence-corrected chi connectivity index (χ3v) is 0.981. The molecule has 10 heavy (non-hydrogen) atoms. The molecule has 3 nitrogen and oxygen atoms in total. The maximum absolute atomic E-state index is 12.1. The van der Waals surface area contributed by atoms with E-state index in [2.05, 4.69) is 9.97 Å². The Morgan fingerprint density at radius 3 is 2.60 bits per heavy atom. The molecule has 0 amide bonds. The van der Waals surface area contributed by atoms with Crippen molar-refractivity contribution in [3.63, 3.8) is 0 Å². The van der Waals surface area contributed by atoms with Crippen LogP contribution in [0.15, 0.2) is 12.4 Å². The van der Waals surface area contributed by atoms with Crippen LogP contribution in [0.1, 0.15) is 17.4 Å². The number of halogens is 1. The molecular formula is C6H5FN2O. The first-order valence-electron chi connectivity index (χ1n) is 2.68. The monoisotopic (exact) mass is 139 g/mol. The van der Waals surface area contributed by atoms with Gasteiger partial charge in [0.2, 0.25) is 5.95 Å². The number of hydrogen-bond donors (Lipinski definition) is 0. The highest BCUT2D eigenvalue weighted by Gasteiger charge is 1.99. The fraction of sp³-hybridized carbons (Fsp3) is 0.167. The SMILES string of the molecule is CC(=O)c1cnc([18F])cn1. The minimum atomic E-state index is -0.676. The van der Waals surface area contributed by atoms with Crippen molar-refractivity contribution in [2.24, 2.45) is 0 Å². The molecular weight excluding hydrogens is 134 g/mol. The fourth-order valence-electron chi connectivity index (χ4n) is 0.494. The second kappa shape index (κ2) is 2.51. The molecule has 0 radical (unpaired) electrons. The van der Waals surface area contributed by atoms with Crippen molar-refractivity contribution in [3.05, 3.63) is 24.0 Å². The predicted octanol–water partition coefficient (Wildman–Crippen LogP) is 0.818. The molecule has 0 aromatic carbocycles. The summed E-state index contributed by atoms with van der Waals surface area (Å²) in [5, 5.41) is 0. The van der Waals surface area contributed by atoms with Gasteiger partial charge in [-0.15, -0.1) is 0 Å². The molecule has 0 bridgehead atoms. The van der Waals surface area contributed by atoms with Crippen LogP contribution in [0.3, 0.4) is 0 Å². The van der Waals surface area contributed by atoms with Gasteiger partial charge in [0.25, 0.3) is 0 Å². The van der Waals surface area contributed by atoms with E-state index in [1.54, 1.807) is 0 Å². The zero-order chi connectivity index (χ0) is 7.56. The van der Waals surface area contributed by atoms with Crippen molar-refractivity contribution in [2.75, 3.05) is 0 Å². The average molecular weight is 139 g/mol. The molecule has 0 N–H and O–H groups in total. The number of nitrogens with zero attached hydrogens (tertiary/aromatic N) is 2. The maximum atomic E-state index is 12.1. The first-order valence-corrected chi connectivity index (χ1v) is 2.68. The van der Waals surface area contributed by atoms with Crippen LogP contribution in [0.25, 0.3) is 0 Å². The summed E-state index contributed by atoms with van der Waals surface area (Å²) in [6, 6.07) is 0. The van der Waals surface area contributed by atoms with E-state index in [1.165, 1.54) is 6.92 Å². The van der Waals surface area contributed by atoms with Gasteiger partial charge in [0, 0.05) is 6.92 Å². The fourth-order valence-corrected chi connectivity index (χ4v) is 0.494. The Morgan fingerprint density at radius 2 is 2.20 bits per heavy atom. The van der Waals surface area contributed by atoms with Gasteiger partial charge in [-0.3, -0.25) is 4.79 Å². The van der Waals surface area contributed by atoms with Crippen LogP contribution in [0.2, 0.25) is 0 Å². The first-order chi connectivity index (χ1) is 4.70. The van der Waals surface area contributed by atoms with Gasteiger partial charge >= 0.3 is 0 Å². The summed E-state index contributed by atoms with van der Waals surface area (Å²) < 4.78 is 12.1. The lowest BCUT2D eigenvalue weighted by molar-refractivity contribution is 0.101. The van der Waals surface area contributed by atoms with E-state index in [9.17, 15) is 9.18 Å². The Hall–Kier alpha value is -1.32. The average Bonchev–Trinajstić information content (AvgIpc) is 1.88. The Bertz CT molecular complexity index is 244. The third kappa shape index (κ3) is 1.34. The second-order valence-electron chi connectivity index (χ2n) is 1.78. The molecule has 0 unspecified atom stereocenters. The highest BCUT2D eigenvalue weighted by molar-refractivity contribution is 5.91. The summed E-state index contributed by atoms with van der Waals surface area (Å²) in [4.78, 5) is 17.3. The summed E-state index contributed by atoms with van der Waals surface area (Å²) in [5.74, 6) is -0.891. The van der Waals surface area contributed by atoms with Gasteiger partial charge in [-0.2, -0.15) is 4.39 Å². The van der Waals surface area contributed by atoms with E-state index in [4.69, 9.17) is 0 Å². The smallest absolute Gasteiger partial charge is 0.231 e. The van der Waals surface area contributed by atoms with Crippen molar-refractivity contribution in [1.29, 1.82) is 0 Å². The van der Waals surface area contributed by atoms with E-state index >= 15 is 0 Å². The van der Waals surface area contributed by atoms with Crippen molar-refractivity contribution in [3.8, 4) is 0 Å². The molecule has 1 aromatic rings. The number of Topliss-reactive ketones (excluding diaryl/α,β-unsaturated/α-hetero) is 1. The molecule has 4 heteroatoms. The lowest BCUT2D eigenvalue weighted by Crippen LogP contribution is -1.97. The van der Waals surface area contributed by atoms with Crippen LogP contribution >= 0.6 is 0 Å². The number of rotatable bonds is 1. The minimum Gasteiger partial charge on any atom is -0.293 e. The van der Waals surface area contributed by atoms with Crippen LogP contribution in [0.5, 0.6) is 0 Å². The number of carbonyl (C=O) groups excluding carboxylic acids is 1. The largest absolute Gasteiger partial charge is 0.293 e. The topological polar surface area (TPSA) is 42.9 Å². The Morgan fingerprint density at radius 1 is 1.50 bits per heavy atom. The van der Waals surface area contributed by atoms with Crippen molar-refractivity contribution in [2.45, 2.75) is 6.92 Å². The van der Waals surface area contributed by atoms with Crippen molar-refractivity contribution < 1.29 is 9.18 Å². The predicted molar refractivity (Wildman–Crippen MR) is 32.0 cm³/mol. The Labute approximate surface area is 56.9 Å². The number of carbonyl (C=O) groups is 1. The Kier molecular flexibility index (Phi) is 1.71. The molecule has 52 valence electrons. The van der Waals surface area contributed by atoms with Gasteiger partial charge in [0.05, 0.1) is 12.4 Å². The van der Waals surface area contributed by atoms with E-state index in [-0.39, 0.29) is 11.5 Å². The summed E-state index contributed by atoms with van der Waals surface area (Å²) in [7, 11) is 0. The molecule has 0 aliphatic heterocycles. The van der Waals surface area contributed by atoms with E-state index in [0.717, 1.165) is 12.4 Å². The highest BCUT2D eigenvalue weighted by Crippen LogP contribution is 1.93. The van der Waals surface area contributed by atoms with E-state index < -0.39 is 5.95 Å². The number of ketones is 1. The molecule has 0 aliphatic carbocycles. The molecule has 1 rings (SSSR count). The van der Waals surface area contributed by atoms with Crippen LogP contribution < -0.4 is 0 Å². The summed E-state index contributed by atoms with van der Waals surface area (Å²) in [5.41, 5.74) is 0.182. The van der Waals surface area contributed by atoms with Crippen LogP contribution in [0, 0.1) is 5.95 Å². The van der Waals surface area contributed by atoms with Crippen LogP contribution in [-0.2, 0) is 0 Å². The highest BCUT2D eigenvalue weighted by atomic mass is 18.2. The van der Waals surface area contributed by atoms with Crippen LogP contribution in [0.4, 0.5) is 4.39 Å². The maximum Gasteiger partial charge on any atom is 0.231 e. The van der Waals surface area contributed by atoms with Gasteiger partial charge < -0.3 is 0 Å². The van der Waals surface area contributed by atoms with Gasteiger partial charge in [-0.25, -0.2) is 9.97 Å². The van der Waals surface area contributed by atoms with Crippen LogP contribution in [-0.4, -0.2) is 15.8 Å². The molecule has 0 atom stereocenters. The second-order valence-corrected chi connectivity index (χ2v) is 1.78. The molecule has 1 aromatic heterocycles. The lowest BCUT2D eigenvalue weighted by atomic mass is 10.3. The summed E-state index contributed by atoms with van der Waals surface area (Å²) in [6.07, 6.45) is 2.02. The quantitative estimate of drug-likeness (QED) is 0.541. The zero-order valence-corrected chi connectivity index (χ0v) is 5.34. The molecule has 0 aliphatic rings. The Balaban J connectivity index is 3.00.